The number of para-hydroxylation sites is 1. The summed E-state index contributed by atoms with van der Waals surface area (Å²) in [6.07, 6.45) is -3.79. The van der Waals surface area contributed by atoms with Gasteiger partial charge in [-0.05, 0) is 48.9 Å². The molecule has 1 amide bonds. The summed E-state index contributed by atoms with van der Waals surface area (Å²) in [5.41, 5.74) is 0.277. The number of benzene rings is 2. The molecule has 2 aromatic carbocycles. The topological polar surface area (TPSA) is 73.9 Å². The van der Waals surface area contributed by atoms with Gasteiger partial charge in [-0.15, -0.1) is 0 Å². The van der Waals surface area contributed by atoms with Crippen LogP contribution in [0.25, 0.3) is 22.4 Å². The molecule has 0 aliphatic carbocycles. The second-order valence-electron chi connectivity index (χ2n) is 8.02. The number of hydrogen-bond acceptors (Lipinski definition) is 4. The van der Waals surface area contributed by atoms with Crippen LogP contribution in [0.15, 0.2) is 60.8 Å². The van der Waals surface area contributed by atoms with Crippen LogP contribution in [-0.2, 0) is 6.18 Å². The molecule has 5 rings (SSSR count). The van der Waals surface area contributed by atoms with Gasteiger partial charge in [0, 0.05) is 30.5 Å². The number of amides is 1. The van der Waals surface area contributed by atoms with Crippen molar-refractivity contribution in [1.82, 2.24) is 15.0 Å². The van der Waals surface area contributed by atoms with Crippen molar-refractivity contribution >= 4 is 28.4 Å². The molecule has 34 heavy (non-hydrogen) atoms. The summed E-state index contributed by atoms with van der Waals surface area (Å²) in [6.45, 7) is 0.548. The van der Waals surface area contributed by atoms with Crippen LogP contribution in [0.3, 0.4) is 0 Å². The molecule has 0 spiro atoms. The summed E-state index contributed by atoms with van der Waals surface area (Å²) >= 11 is 0. The third-order valence-electron chi connectivity index (χ3n) is 5.72. The number of imidazole rings is 1. The average Bonchev–Trinajstić information content (AvgIpc) is 3.45. The minimum Gasteiger partial charge on any atom is -0.368 e. The highest BCUT2D eigenvalue weighted by atomic mass is 19.4. The van der Waals surface area contributed by atoms with Crippen LogP contribution in [0.5, 0.6) is 0 Å². The summed E-state index contributed by atoms with van der Waals surface area (Å²) in [6, 6.07) is 13.5. The van der Waals surface area contributed by atoms with Crippen LogP contribution in [0.4, 0.5) is 29.1 Å². The average molecular weight is 469 g/mol. The molecule has 1 atom stereocenters. The van der Waals surface area contributed by atoms with Gasteiger partial charge in [0.05, 0.1) is 16.6 Å². The van der Waals surface area contributed by atoms with E-state index in [1.165, 1.54) is 24.4 Å². The number of pyridine rings is 1. The van der Waals surface area contributed by atoms with E-state index in [1.807, 2.05) is 0 Å². The smallest absolute Gasteiger partial charge is 0.368 e. The summed E-state index contributed by atoms with van der Waals surface area (Å²) < 4.78 is 55.2. The third-order valence-corrected chi connectivity index (χ3v) is 5.72. The van der Waals surface area contributed by atoms with Gasteiger partial charge >= 0.3 is 6.18 Å². The first-order chi connectivity index (χ1) is 16.3. The van der Waals surface area contributed by atoms with E-state index in [0.717, 1.165) is 6.07 Å². The minimum absolute atomic E-state index is 0.0294. The second kappa shape index (κ2) is 8.44. The number of alkyl halides is 4. The fourth-order valence-corrected chi connectivity index (χ4v) is 4.09. The number of anilines is 2. The molecule has 0 unspecified atom stereocenters. The highest BCUT2D eigenvalue weighted by Gasteiger charge is 2.35. The fourth-order valence-electron chi connectivity index (χ4n) is 4.09. The number of H-pyrrole nitrogens is 1. The van der Waals surface area contributed by atoms with Gasteiger partial charge in [0.15, 0.2) is 0 Å². The molecule has 4 aromatic rings. The number of aromatic nitrogens is 3. The maximum absolute atomic E-state index is 13.8. The van der Waals surface area contributed by atoms with E-state index in [9.17, 15) is 22.4 Å². The lowest BCUT2D eigenvalue weighted by Gasteiger charge is -2.20. The van der Waals surface area contributed by atoms with E-state index in [0.29, 0.717) is 30.0 Å². The molecule has 1 aliphatic rings. The Bertz CT molecular complexity index is 1350. The Morgan fingerprint density at radius 1 is 1.12 bits per heavy atom. The van der Waals surface area contributed by atoms with Crippen molar-refractivity contribution in [3.8, 4) is 11.4 Å². The lowest BCUT2D eigenvalue weighted by molar-refractivity contribution is -0.137. The highest BCUT2D eigenvalue weighted by molar-refractivity contribution is 6.11. The molecule has 2 aromatic heterocycles. The van der Waals surface area contributed by atoms with Crippen molar-refractivity contribution in [2.45, 2.75) is 18.8 Å². The number of nitrogens with zero attached hydrogens (tertiary/aromatic N) is 3. The molecule has 1 aliphatic heterocycles. The molecular weight excluding hydrogens is 450 g/mol. The van der Waals surface area contributed by atoms with Crippen molar-refractivity contribution in [3.05, 3.63) is 71.9 Å². The lowest BCUT2D eigenvalue weighted by Crippen LogP contribution is -2.20. The Morgan fingerprint density at radius 3 is 2.68 bits per heavy atom. The number of halogens is 4. The highest BCUT2D eigenvalue weighted by Crippen LogP contribution is 2.39. The Kier molecular flexibility index (Phi) is 5.43. The Labute approximate surface area is 191 Å². The van der Waals surface area contributed by atoms with E-state index < -0.39 is 23.8 Å². The van der Waals surface area contributed by atoms with Crippen molar-refractivity contribution in [3.63, 3.8) is 0 Å². The molecule has 2 N–H and O–H groups in total. The summed E-state index contributed by atoms with van der Waals surface area (Å²) in [7, 11) is 0. The molecule has 174 valence electrons. The summed E-state index contributed by atoms with van der Waals surface area (Å²) in [4.78, 5) is 25.9. The normalized spacial score (nSPS) is 16.2. The van der Waals surface area contributed by atoms with Gasteiger partial charge < -0.3 is 15.2 Å². The molecular formula is C24H19F4N5O. The fraction of sp³-hybridized carbons (Fsp3) is 0.208. The molecule has 0 saturated carbocycles. The number of nitrogens with one attached hydrogen (secondary N) is 2. The van der Waals surface area contributed by atoms with Gasteiger partial charge in [-0.1, -0.05) is 12.1 Å². The minimum atomic E-state index is -4.63. The van der Waals surface area contributed by atoms with Crippen LogP contribution in [0, 0.1) is 0 Å². The molecule has 0 bridgehead atoms. The predicted octanol–water partition coefficient (Wildman–Crippen LogP) is 5.44. The zero-order valence-corrected chi connectivity index (χ0v) is 17.7. The number of aromatic amines is 1. The number of rotatable bonds is 4. The van der Waals surface area contributed by atoms with E-state index in [1.54, 1.807) is 35.2 Å². The number of carbonyl (C=O) groups is 1. The van der Waals surface area contributed by atoms with E-state index in [2.05, 4.69) is 20.3 Å². The van der Waals surface area contributed by atoms with Crippen molar-refractivity contribution in [2.24, 2.45) is 0 Å². The van der Waals surface area contributed by atoms with Gasteiger partial charge in [0.2, 0.25) is 0 Å². The number of hydrogen-bond donors (Lipinski definition) is 2. The Morgan fingerprint density at radius 2 is 1.97 bits per heavy atom. The third kappa shape index (κ3) is 4.18. The molecule has 3 heterocycles. The summed E-state index contributed by atoms with van der Waals surface area (Å²) in [5.74, 6) is -0.180. The van der Waals surface area contributed by atoms with Gasteiger partial charge in [-0.3, -0.25) is 4.79 Å². The maximum atomic E-state index is 13.8. The van der Waals surface area contributed by atoms with E-state index in [-0.39, 0.29) is 29.0 Å². The quantitative estimate of drug-likeness (QED) is 0.390. The van der Waals surface area contributed by atoms with Crippen LogP contribution in [-0.4, -0.2) is 40.1 Å². The monoisotopic (exact) mass is 469 g/mol. The van der Waals surface area contributed by atoms with Crippen molar-refractivity contribution < 1.29 is 22.4 Å². The van der Waals surface area contributed by atoms with Crippen LogP contribution >= 0.6 is 0 Å². The molecule has 10 heteroatoms. The molecule has 1 fully saturated rings. The lowest BCUT2D eigenvalue weighted by atomic mass is 10.0. The molecule has 0 radical (unpaired) electrons. The molecule has 6 nitrogen and oxygen atoms in total. The van der Waals surface area contributed by atoms with E-state index in [4.69, 9.17) is 0 Å². The SMILES string of the molecule is O=C(Nc1ccccn1)c1cccc2[nH]c(-c3cc(N4CC[C@@H](F)C4)ccc3C(F)(F)F)nc12. The van der Waals surface area contributed by atoms with Gasteiger partial charge in [0.1, 0.15) is 23.3 Å². The van der Waals surface area contributed by atoms with Crippen molar-refractivity contribution in [2.75, 3.05) is 23.3 Å². The van der Waals surface area contributed by atoms with Crippen LogP contribution in [0.1, 0.15) is 22.3 Å². The Balaban J connectivity index is 1.57. The van der Waals surface area contributed by atoms with Crippen molar-refractivity contribution in [1.29, 1.82) is 0 Å². The molecule has 1 saturated heterocycles. The number of carbonyl (C=O) groups excluding carboxylic acids is 1. The predicted molar refractivity (Wildman–Crippen MR) is 120 cm³/mol. The standard InChI is InChI=1S/C24H19F4N5O/c25-14-9-11-33(13-14)15-7-8-18(24(26,27)28)17(12-15)22-30-19-5-3-4-16(21(19)32-22)23(34)31-20-6-1-2-10-29-20/h1-8,10,12,14H,9,11,13H2,(H,30,32)(H,29,31,34)/t14-/m1/s1. The first-order valence-electron chi connectivity index (χ1n) is 10.6. The first-order valence-corrected chi connectivity index (χ1v) is 10.6. The van der Waals surface area contributed by atoms with Gasteiger partial charge in [0.25, 0.3) is 5.91 Å². The van der Waals surface area contributed by atoms with Crippen LogP contribution < -0.4 is 10.2 Å². The first kappa shape index (κ1) is 21.9. The maximum Gasteiger partial charge on any atom is 0.417 e. The van der Waals surface area contributed by atoms with Crippen LogP contribution in [0.2, 0.25) is 0 Å². The zero-order valence-electron chi connectivity index (χ0n) is 17.7. The zero-order chi connectivity index (χ0) is 23.9. The largest absolute Gasteiger partial charge is 0.417 e. The van der Waals surface area contributed by atoms with E-state index >= 15 is 0 Å². The second-order valence-corrected chi connectivity index (χ2v) is 8.02. The number of fused-ring (bicyclic) bond motifs is 1. The van der Waals surface area contributed by atoms with Gasteiger partial charge in [-0.25, -0.2) is 14.4 Å². The Hall–Kier alpha value is -3.95. The summed E-state index contributed by atoms with van der Waals surface area (Å²) in [5, 5.41) is 2.66. The van der Waals surface area contributed by atoms with Gasteiger partial charge in [-0.2, -0.15) is 13.2 Å².